The van der Waals surface area contributed by atoms with Crippen molar-refractivity contribution in [1.82, 2.24) is 0 Å². The molecule has 0 heterocycles. The van der Waals surface area contributed by atoms with Crippen LogP contribution < -0.4 is 27.0 Å². The molecule has 96 valence electrons. The molecule has 2 aromatic carbocycles. The second-order valence-corrected chi connectivity index (χ2v) is 4.00. The Bertz CT molecular complexity index is 623. The van der Waals surface area contributed by atoms with Crippen LogP contribution >= 0.6 is 0 Å². The molecule has 2 aromatic rings. The number of hydrogen-bond acceptors (Lipinski definition) is 1. The number of ether oxygens (including phenoxy) is 1. The van der Waals surface area contributed by atoms with E-state index in [1.807, 2.05) is 30.3 Å². The molecule has 0 amide bonds. The van der Waals surface area contributed by atoms with Crippen molar-refractivity contribution in [3.63, 3.8) is 0 Å². The minimum Gasteiger partial charge on any atom is -0.456 e. The molecule has 0 radical (unpaired) electrons. The molecule has 0 fully saturated rings. The zero-order valence-corrected chi connectivity index (χ0v) is 10.3. The van der Waals surface area contributed by atoms with Crippen LogP contribution in [0.3, 0.4) is 0 Å². The first-order valence-electron chi connectivity index (χ1n) is 5.72. The molecule has 5 nitrogen and oxygen atoms in total. The van der Waals surface area contributed by atoms with Crippen LogP contribution in [0, 0.1) is 0 Å². The number of benzene rings is 2. The van der Waals surface area contributed by atoms with Gasteiger partial charge in [0.05, 0.1) is 5.56 Å². The fourth-order valence-corrected chi connectivity index (χ4v) is 1.77. The fraction of sp³-hybridized carbons (Fsp3) is 0. The van der Waals surface area contributed by atoms with Crippen LogP contribution in [0.1, 0.15) is 11.1 Å². The van der Waals surface area contributed by atoms with E-state index in [2.05, 4.69) is 0 Å². The summed E-state index contributed by atoms with van der Waals surface area (Å²) in [5.41, 5.74) is 12.4. The molecule has 5 heteroatoms. The zero-order chi connectivity index (χ0) is 13.8. The Morgan fingerprint density at radius 1 is 0.842 bits per heavy atom. The SMILES string of the molecule is NC(=[NH2+])c1cccc(Oc2ccccc2)c1C(N)=[NH2+]. The first-order chi connectivity index (χ1) is 9.09. The quantitative estimate of drug-likeness (QED) is 0.390. The van der Waals surface area contributed by atoms with Crippen LogP contribution in [0.15, 0.2) is 48.5 Å². The van der Waals surface area contributed by atoms with Crippen molar-refractivity contribution in [3.8, 4) is 11.5 Å². The van der Waals surface area contributed by atoms with Gasteiger partial charge in [0.2, 0.25) is 0 Å². The first-order valence-corrected chi connectivity index (χ1v) is 5.72. The van der Waals surface area contributed by atoms with Gasteiger partial charge in [-0.05, 0) is 24.3 Å². The molecule has 0 saturated heterocycles. The van der Waals surface area contributed by atoms with E-state index < -0.39 is 0 Å². The molecular weight excluding hydrogens is 240 g/mol. The zero-order valence-electron chi connectivity index (χ0n) is 10.3. The number of para-hydroxylation sites is 1. The maximum absolute atomic E-state index is 5.76. The largest absolute Gasteiger partial charge is 0.456 e. The highest BCUT2D eigenvalue weighted by Crippen LogP contribution is 2.26. The molecule has 0 aromatic heterocycles. The maximum atomic E-state index is 5.76. The van der Waals surface area contributed by atoms with Crippen LogP contribution in [0.5, 0.6) is 11.5 Å². The summed E-state index contributed by atoms with van der Waals surface area (Å²) in [6.45, 7) is 0. The van der Waals surface area contributed by atoms with Gasteiger partial charge in [0.25, 0.3) is 11.7 Å². The van der Waals surface area contributed by atoms with Crippen molar-refractivity contribution in [2.75, 3.05) is 0 Å². The summed E-state index contributed by atoms with van der Waals surface area (Å²) in [5.74, 6) is 1.44. The molecular formula is C14H16N4O+2. The second-order valence-electron chi connectivity index (χ2n) is 4.00. The molecule has 0 aliphatic rings. The smallest absolute Gasteiger partial charge is 0.275 e. The summed E-state index contributed by atoms with van der Waals surface area (Å²) in [4.78, 5) is 0. The molecule has 8 N–H and O–H groups in total. The lowest BCUT2D eigenvalue weighted by molar-refractivity contribution is -0.117. The molecule has 0 saturated carbocycles. The third kappa shape index (κ3) is 2.71. The van der Waals surface area contributed by atoms with Gasteiger partial charge in [0, 0.05) is 0 Å². The van der Waals surface area contributed by atoms with E-state index in [1.54, 1.807) is 18.2 Å². The van der Waals surface area contributed by atoms with Gasteiger partial charge >= 0.3 is 0 Å². The summed E-state index contributed by atoms with van der Waals surface area (Å²) < 4.78 is 5.76. The van der Waals surface area contributed by atoms with Gasteiger partial charge in [-0.1, -0.05) is 24.3 Å². The average Bonchev–Trinajstić information content (AvgIpc) is 2.39. The van der Waals surface area contributed by atoms with E-state index >= 15 is 0 Å². The van der Waals surface area contributed by atoms with E-state index in [0.29, 0.717) is 22.6 Å². The summed E-state index contributed by atoms with van der Waals surface area (Å²) in [6, 6.07) is 14.6. The second kappa shape index (κ2) is 5.22. The Balaban J connectivity index is 2.48. The number of nitrogens with two attached hydrogens (primary N) is 4. The monoisotopic (exact) mass is 256 g/mol. The van der Waals surface area contributed by atoms with Crippen LogP contribution in [0.4, 0.5) is 0 Å². The molecule has 2 rings (SSSR count). The van der Waals surface area contributed by atoms with Crippen LogP contribution in [0.2, 0.25) is 0 Å². The van der Waals surface area contributed by atoms with E-state index in [4.69, 9.17) is 27.0 Å². The van der Waals surface area contributed by atoms with Gasteiger partial charge in [0.15, 0.2) is 0 Å². The van der Waals surface area contributed by atoms with Crippen molar-refractivity contribution >= 4 is 11.7 Å². The average molecular weight is 256 g/mol. The Hall–Kier alpha value is -2.82. The van der Waals surface area contributed by atoms with Crippen molar-refractivity contribution in [2.45, 2.75) is 0 Å². The predicted molar refractivity (Wildman–Crippen MR) is 73.4 cm³/mol. The molecule has 19 heavy (non-hydrogen) atoms. The number of amidine groups is 2. The van der Waals surface area contributed by atoms with Gasteiger partial charge in [-0.25, -0.2) is 0 Å². The van der Waals surface area contributed by atoms with Crippen molar-refractivity contribution in [3.05, 3.63) is 59.7 Å². The van der Waals surface area contributed by atoms with Gasteiger partial charge in [0.1, 0.15) is 17.1 Å². The third-order valence-electron chi connectivity index (χ3n) is 2.60. The van der Waals surface area contributed by atoms with E-state index in [-0.39, 0.29) is 11.7 Å². The minimum atomic E-state index is 0.106. The summed E-state index contributed by atoms with van der Waals surface area (Å²) >= 11 is 0. The standard InChI is InChI=1S/C14H14N4O/c15-13(16)10-7-4-8-11(12(10)14(17)18)19-9-5-2-1-3-6-9/h1-8H,(H3,15,16)(H3,17,18)/p+2. The lowest BCUT2D eigenvalue weighted by Crippen LogP contribution is -2.51. The van der Waals surface area contributed by atoms with Crippen molar-refractivity contribution in [1.29, 1.82) is 0 Å². The normalized spacial score (nSPS) is 9.89. The summed E-state index contributed by atoms with van der Waals surface area (Å²) in [6.07, 6.45) is 0. The van der Waals surface area contributed by atoms with Gasteiger partial charge in [-0.2, -0.15) is 0 Å². The molecule has 0 spiro atoms. The Morgan fingerprint density at radius 2 is 1.53 bits per heavy atom. The fourth-order valence-electron chi connectivity index (χ4n) is 1.77. The number of hydrogen-bond donors (Lipinski definition) is 4. The number of rotatable bonds is 4. The minimum absolute atomic E-state index is 0.106. The predicted octanol–water partition coefficient (Wildman–Crippen LogP) is -1.59. The van der Waals surface area contributed by atoms with Crippen molar-refractivity contribution < 1.29 is 15.6 Å². The van der Waals surface area contributed by atoms with Gasteiger partial charge < -0.3 is 4.74 Å². The van der Waals surface area contributed by atoms with Gasteiger partial charge in [-0.3, -0.25) is 22.3 Å². The Kier molecular flexibility index (Phi) is 3.47. The third-order valence-corrected chi connectivity index (χ3v) is 2.60. The Labute approximate surface area is 110 Å². The highest BCUT2D eigenvalue weighted by molar-refractivity contribution is 6.07. The lowest BCUT2D eigenvalue weighted by atomic mass is 10.0. The Morgan fingerprint density at radius 3 is 2.11 bits per heavy atom. The summed E-state index contributed by atoms with van der Waals surface area (Å²) in [5, 5.41) is 11.3. The van der Waals surface area contributed by atoms with Crippen LogP contribution in [0.25, 0.3) is 0 Å². The van der Waals surface area contributed by atoms with Gasteiger partial charge in [-0.15, -0.1) is 0 Å². The van der Waals surface area contributed by atoms with Crippen molar-refractivity contribution in [2.24, 2.45) is 11.5 Å². The highest BCUT2D eigenvalue weighted by atomic mass is 16.5. The van der Waals surface area contributed by atoms with E-state index in [0.717, 1.165) is 0 Å². The molecule has 0 atom stereocenters. The topological polar surface area (TPSA) is 112 Å². The van der Waals surface area contributed by atoms with Crippen LogP contribution in [-0.4, -0.2) is 11.7 Å². The maximum Gasteiger partial charge on any atom is 0.275 e. The molecule has 0 unspecified atom stereocenters. The highest BCUT2D eigenvalue weighted by Gasteiger charge is 2.20. The van der Waals surface area contributed by atoms with E-state index in [1.165, 1.54) is 0 Å². The molecule has 0 bridgehead atoms. The molecule has 0 aliphatic heterocycles. The summed E-state index contributed by atoms with van der Waals surface area (Å²) in [7, 11) is 0. The molecule has 0 aliphatic carbocycles. The van der Waals surface area contributed by atoms with Crippen LogP contribution in [-0.2, 0) is 0 Å². The lowest BCUT2D eigenvalue weighted by Gasteiger charge is -2.10. The van der Waals surface area contributed by atoms with E-state index in [9.17, 15) is 0 Å². The first kappa shape index (κ1) is 12.6.